The van der Waals surface area contributed by atoms with E-state index in [-0.39, 0.29) is 0 Å². The van der Waals surface area contributed by atoms with Gasteiger partial charge in [-0.25, -0.2) is 0 Å². The van der Waals surface area contributed by atoms with Crippen LogP contribution in [0.4, 0.5) is 0 Å². The molecule has 0 amide bonds. The van der Waals surface area contributed by atoms with E-state index in [0.29, 0.717) is 0 Å². The van der Waals surface area contributed by atoms with Gasteiger partial charge in [-0.2, -0.15) is 0 Å². The fraction of sp³-hybridized carbons (Fsp3) is 0.625. The van der Waals surface area contributed by atoms with Crippen molar-refractivity contribution in [1.82, 2.24) is 10.2 Å². The Kier molecular flexibility index (Phi) is 6.83. The Balaban J connectivity index is 1.50. The van der Waals surface area contributed by atoms with Gasteiger partial charge in [0.2, 0.25) is 0 Å². The molecule has 0 atom stereocenters. The summed E-state index contributed by atoms with van der Waals surface area (Å²) in [6.07, 6.45) is 5.57. The third-order valence-electron chi connectivity index (χ3n) is 3.95. The summed E-state index contributed by atoms with van der Waals surface area (Å²) in [5.41, 5.74) is 0. The maximum atomic E-state index is 5.67. The highest BCUT2D eigenvalue weighted by molar-refractivity contribution is 9.10. The van der Waals surface area contributed by atoms with Crippen LogP contribution in [0.2, 0.25) is 0 Å². The fourth-order valence-electron chi connectivity index (χ4n) is 2.68. The summed E-state index contributed by atoms with van der Waals surface area (Å²) in [5.74, 6) is 0.929. The molecule has 0 saturated heterocycles. The summed E-state index contributed by atoms with van der Waals surface area (Å²) in [5, 5.41) is 3.45. The van der Waals surface area contributed by atoms with Gasteiger partial charge in [0.05, 0.1) is 0 Å². The van der Waals surface area contributed by atoms with Gasteiger partial charge in [-0.1, -0.05) is 28.8 Å². The van der Waals surface area contributed by atoms with E-state index in [0.717, 1.165) is 42.5 Å². The number of rotatable bonds is 8. The van der Waals surface area contributed by atoms with Crippen molar-refractivity contribution in [1.29, 1.82) is 0 Å². The van der Waals surface area contributed by atoms with Gasteiger partial charge in [-0.05, 0) is 44.2 Å². The first-order valence-corrected chi connectivity index (χ1v) is 8.34. The molecule has 3 nitrogen and oxygen atoms in total. The van der Waals surface area contributed by atoms with E-state index in [4.69, 9.17) is 4.74 Å². The van der Waals surface area contributed by atoms with Crippen LogP contribution in [-0.2, 0) is 0 Å². The molecule has 2 rings (SSSR count). The Morgan fingerprint density at radius 3 is 2.60 bits per heavy atom. The lowest BCUT2D eigenvalue weighted by Gasteiger charge is -2.23. The zero-order valence-corrected chi connectivity index (χ0v) is 13.9. The number of benzene rings is 1. The molecule has 0 unspecified atom stereocenters. The predicted octanol–water partition coefficient (Wildman–Crippen LogP) is 3.29. The Bertz CT molecular complexity index is 377. The van der Waals surface area contributed by atoms with E-state index in [1.54, 1.807) is 0 Å². The summed E-state index contributed by atoms with van der Waals surface area (Å²) < 4.78 is 6.75. The average molecular weight is 341 g/mol. The van der Waals surface area contributed by atoms with Crippen molar-refractivity contribution < 1.29 is 4.74 Å². The molecular formula is C16H25BrN2O. The fourth-order valence-corrected chi connectivity index (χ4v) is 2.94. The predicted molar refractivity (Wildman–Crippen MR) is 87.4 cm³/mol. The third-order valence-corrected chi connectivity index (χ3v) is 4.48. The van der Waals surface area contributed by atoms with E-state index in [2.05, 4.69) is 33.2 Å². The molecule has 1 fully saturated rings. The second-order valence-electron chi connectivity index (χ2n) is 5.47. The summed E-state index contributed by atoms with van der Waals surface area (Å²) in [7, 11) is 2.25. The third kappa shape index (κ3) is 5.43. The highest BCUT2D eigenvalue weighted by Gasteiger charge is 2.18. The van der Waals surface area contributed by atoms with E-state index in [1.165, 1.54) is 25.7 Å². The van der Waals surface area contributed by atoms with Crippen LogP contribution in [0.5, 0.6) is 5.75 Å². The molecule has 1 saturated carbocycles. The summed E-state index contributed by atoms with van der Waals surface area (Å²) in [6, 6.07) is 8.78. The first-order chi connectivity index (χ1) is 9.75. The van der Waals surface area contributed by atoms with Crippen LogP contribution in [0, 0.1) is 0 Å². The molecule has 112 valence electrons. The number of hydrogen-bond donors (Lipinski definition) is 1. The van der Waals surface area contributed by atoms with Crippen LogP contribution < -0.4 is 10.1 Å². The Morgan fingerprint density at radius 2 is 1.90 bits per heavy atom. The standard InChI is InChI=1S/C16H25BrN2O/c1-19(15-4-2-3-5-15)12-10-18-11-13-20-16-8-6-14(17)7-9-16/h6-9,15,18H,2-5,10-13H2,1H3. The second-order valence-corrected chi connectivity index (χ2v) is 6.39. The number of nitrogens with zero attached hydrogens (tertiary/aromatic N) is 1. The van der Waals surface area contributed by atoms with E-state index in [1.807, 2.05) is 24.3 Å². The van der Waals surface area contributed by atoms with Gasteiger partial charge in [0, 0.05) is 30.1 Å². The zero-order valence-electron chi connectivity index (χ0n) is 12.3. The molecule has 1 aromatic rings. The molecule has 0 aliphatic heterocycles. The zero-order chi connectivity index (χ0) is 14.2. The maximum absolute atomic E-state index is 5.67. The highest BCUT2D eigenvalue weighted by atomic mass is 79.9. The molecule has 0 heterocycles. The van der Waals surface area contributed by atoms with E-state index < -0.39 is 0 Å². The van der Waals surface area contributed by atoms with Crippen molar-refractivity contribution in [2.24, 2.45) is 0 Å². The molecule has 0 bridgehead atoms. The highest BCUT2D eigenvalue weighted by Crippen LogP contribution is 2.21. The van der Waals surface area contributed by atoms with Crippen molar-refractivity contribution >= 4 is 15.9 Å². The van der Waals surface area contributed by atoms with Gasteiger partial charge in [-0.3, -0.25) is 0 Å². The number of nitrogens with one attached hydrogen (secondary N) is 1. The van der Waals surface area contributed by atoms with Crippen LogP contribution in [0.25, 0.3) is 0 Å². The van der Waals surface area contributed by atoms with Crippen LogP contribution >= 0.6 is 15.9 Å². The average Bonchev–Trinajstić information content (AvgIpc) is 2.98. The molecule has 4 heteroatoms. The quantitative estimate of drug-likeness (QED) is 0.735. The lowest BCUT2D eigenvalue weighted by molar-refractivity contribution is 0.241. The first kappa shape index (κ1) is 15.8. The van der Waals surface area contributed by atoms with Crippen LogP contribution in [0.15, 0.2) is 28.7 Å². The van der Waals surface area contributed by atoms with Gasteiger partial charge >= 0.3 is 0 Å². The molecular weight excluding hydrogens is 316 g/mol. The topological polar surface area (TPSA) is 24.5 Å². The number of hydrogen-bond acceptors (Lipinski definition) is 3. The van der Waals surface area contributed by atoms with Gasteiger partial charge in [0.15, 0.2) is 0 Å². The van der Waals surface area contributed by atoms with Crippen LogP contribution in [0.1, 0.15) is 25.7 Å². The van der Waals surface area contributed by atoms with Gasteiger partial charge in [0.1, 0.15) is 12.4 Å². The molecule has 1 aliphatic rings. The molecule has 1 aromatic carbocycles. The Hall–Kier alpha value is -0.580. The van der Waals surface area contributed by atoms with Crippen molar-refractivity contribution in [2.75, 3.05) is 33.3 Å². The Morgan fingerprint density at radius 1 is 1.20 bits per heavy atom. The smallest absolute Gasteiger partial charge is 0.119 e. The normalized spacial score (nSPS) is 15.9. The number of halogens is 1. The van der Waals surface area contributed by atoms with Gasteiger partial charge in [0.25, 0.3) is 0 Å². The number of likely N-dealkylation sites (N-methyl/N-ethyl adjacent to an activating group) is 1. The molecule has 20 heavy (non-hydrogen) atoms. The summed E-state index contributed by atoms with van der Waals surface area (Å²) in [6.45, 7) is 3.78. The van der Waals surface area contributed by atoms with Crippen LogP contribution in [-0.4, -0.2) is 44.2 Å². The lowest BCUT2D eigenvalue weighted by atomic mass is 10.2. The minimum atomic E-state index is 0.717. The molecule has 1 N–H and O–H groups in total. The molecule has 0 radical (unpaired) electrons. The second kappa shape index (κ2) is 8.65. The number of ether oxygens (including phenoxy) is 1. The SMILES string of the molecule is CN(CCNCCOc1ccc(Br)cc1)C1CCCC1. The molecule has 1 aliphatic carbocycles. The summed E-state index contributed by atoms with van der Waals surface area (Å²) >= 11 is 3.42. The van der Waals surface area contributed by atoms with Gasteiger partial charge in [-0.15, -0.1) is 0 Å². The minimum absolute atomic E-state index is 0.717. The van der Waals surface area contributed by atoms with E-state index >= 15 is 0 Å². The van der Waals surface area contributed by atoms with E-state index in [9.17, 15) is 0 Å². The summed E-state index contributed by atoms with van der Waals surface area (Å²) in [4.78, 5) is 2.50. The first-order valence-electron chi connectivity index (χ1n) is 7.55. The molecule has 0 spiro atoms. The van der Waals surface area contributed by atoms with Crippen LogP contribution in [0.3, 0.4) is 0 Å². The van der Waals surface area contributed by atoms with Crippen molar-refractivity contribution in [3.05, 3.63) is 28.7 Å². The van der Waals surface area contributed by atoms with Crippen molar-refractivity contribution in [3.63, 3.8) is 0 Å². The maximum Gasteiger partial charge on any atom is 0.119 e. The monoisotopic (exact) mass is 340 g/mol. The lowest BCUT2D eigenvalue weighted by Crippen LogP contribution is -2.36. The molecule has 0 aromatic heterocycles. The van der Waals surface area contributed by atoms with Crippen molar-refractivity contribution in [3.8, 4) is 5.75 Å². The Labute approximate surface area is 130 Å². The van der Waals surface area contributed by atoms with Gasteiger partial charge < -0.3 is 15.0 Å². The van der Waals surface area contributed by atoms with Crippen molar-refractivity contribution in [2.45, 2.75) is 31.7 Å². The minimum Gasteiger partial charge on any atom is -0.492 e. The largest absolute Gasteiger partial charge is 0.492 e.